The zero-order valence-corrected chi connectivity index (χ0v) is 12.5. The lowest BCUT2D eigenvalue weighted by atomic mass is 10.2. The van der Waals surface area contributed by atoms with Crippen LogP contribution in [0.5, 0.6) is 5.75 Å². The van der Waals surface area contributed by atoms with Crippen LogP contribution in [0.3, 0.4) is 0 Å². The number of nitrogens with one attached hydrogen (secondary N) is 1. The molecule has 1 N–H and O–H groups in total. The molecule has 0 aliphatic heterocycles. The van der Waals surface area contributed by atoms with Crippen LogP contribution in [0.2, 0.25) is 0 Å². The summed E-state index contributed by atoms with van der Waals surface area (Å²) in [5.41, 5.74) is 3.79. The molecule has 2 rings (SSSR count). The highest BCUT2D eigenvalue weighted by molar-refractivity contribution is 5.94. The van der Waals surface area contributed by atoms with Gasteiger partial charge in [-0.05, 0) is 31.2 Å². The number of nitrogens with zero attached hydrogens (tertiary/aromatic N) is 3. The van der Waals surface area contributed by atoms with Crippen molar-refractivity contribution in [3.05, 3.63) is 63.5 Å². The summed E-state index contributed by atoms with van der Waals surface area (Å²) in [6, 6.07) is 7.71. The van der Waals surface area contributed by atoms with Crippen molar-refractivity contribution >= 4 is 17.8 Å². The van der Waals surface area contributed by atoms with Crippen molar-refractivity contribution in [2.24, 2.45) is 5.10 Å². The number of hydrogen-bond donors (Lipinski definition) is 1. The van der Waals surface area contributed by atoms with E-state index >= 15 is 0 Å². The molecule has 2 aromatic rings. The van der Waals surface area contributed by atoms with Crippen molar-refractivity contribution in [1.29, 1.82) is 0 Å². The van der Waals surface area contributed by atoms with E-state index in [1.165, 1.54) is 31.7 Å². The van der Waals surface area contributed by atoms with E-state index in [2.05, 4.69) is 15.5 Å². The maximum Gasteiger partial charge on any atom is 0.311 e. The van der Waals surface area contributed by atoms with Gasteiger partial charge in [0, 0.05) is 23.5 Å². The van der Waals surface area contributed by atoms with Crippen molar-refractivity contribution in [3.8, 4) is 5.75 Å². The highest BCUT2D eigenvalue weighted by Gasteiger charge is 2.14. The van der Waals surface area contributed by atoms with Crippen molar-refractivity contribution < 1.29 is 14.5 Å². The van der Waals surface area contributed by atoms with Crippen LogP contribution in [0.25, 0.3) is 0 Å². The number of amides is 1. The third kappa shape index (κ3) is 4.10. The molecule has 0 bridgehead atoms. The Labute approximate surface area is 132 Å². The van der Waals surface area contributed by atoms with Crippen molar-refractivity contribution in [2.45, 2.75) is 6.92 Å². The third-order valence-electron chi connectivity index (χ3n) is 2.95. The first-order valence-electron chi connectivity index (χ1n) is 6.59. The first-order chi connectivity index (χ1) is 11.0. The normalized spacial score (nSPS) is 10.5. The van der Waals surface area contributed by atoms with E-state index in [-0.39, 0.29) is 11.4 Å². The number of aryl methyl sites for hydroxylation is 1. The minimum atomic E-state index is -0.549. The number of carbonyl (C=O) groups excluding carboxylic acids is 1. The molecule has 1 aromatic carbocycles. The first kappa shape index (κ1) is 16.1. The molecule has 1 amide bonds. The molecule has 0 radical (unpaired) electrons. The van der Waals surface area contributed by atoms with Crippen LogP contribution >= 0.6 is 0 Å². The predicted molar refractivity (Wildman–Crippen MR) is 83.7 cm³/mol. The molecule has 0 aliphatic carbocycles. The summed E-state index contributed by atoms with van der Waals surface area (Å²) in [4.78, 5) is 26.2. The van der Waals surface area contributed by atoms with Crippen molar-refractivity contribution in [3.63, 3.8) is 0 Å². The highest BCUT2D eigenvalue weighted by Crippen LogP contribution is 2.26. The Kier molecular flexibility index (Phi) is 4.98. The third-order valence-corrected chi connectivity index (χ3v) is 2.95. The van der Waals surface area contributed by atoms with Gasteiger partial charge in [0.1, 0.15) is 0 Å². The second-order valence-electron chi connectivity index (χ2n) is 4.58. The Hall–Kier alpha value is -3.29. The molecule has 0 fully saturated rings. The largest absolute Gasteiger partial charge is 0.490 e. The van der Waals surface area contributed by atoms with Gasteiger partial charge in [-0.25, -0.2) is 5.43 Å². The number of carbonyl (C=O) groups is 1. The van der Waals surface area contributed by atoms with E-state index < -0.39 is 10.8 Å². The predicted octanol–water partition coefficient (Wildman–Crippen LogP) is 2.07. The van der Waals surface area contributed by atoms with Gasteiger partial charge in [0.05, 0.1) is 23.8 Å². The van der Waals surface area contributed by atoms with E-state index in [0.29, 0.717) is 11.1 Å². The zero-order valence-electron chi connectivity index (χ0n) is 12.5. The second-order valence-corrected chi connectivity index (χ2v) is 4.58. The molecule has 0 saturated carbocycles. The van der Waals surface area contributed by atoms with Gasteiger partial charge in [0.2, 0.25) is 0 Å². The number of pyridine rings is 1. The van der Waals surface area contributed by atoms with Crippen molar-refractivity contribution in [1.82, 2.24) is 10.4 Å². The minimum Gasteiger partial charge on any atom is -0.490 e. The Bertz CT molecular complexity index is 757. The van der Waals surface area contributed by atoms with Gasteiger partial charge in [-0.1, -0.05) is 0 Å². The average Bonchev–Trinajstić information content (AvgIpc) is 2.55. The zero-order chi connectivity index (χ0) is 16.8. The van der Waals surface area contributed by atoms with Gasteiger partial charge in [0.25, 0.3) is 5.91 Å². The number of nitro groups is 1. The summed E-state index contributed by atoms with van der Waals surface area (Å²) in [6.45, 7) is 1.82. The maximum atomic E-state index is 11.8. The number of hydrogen-bond acceptors (Lipinski definition) is 6. The summed E-state index contributed by atoms with van der Waals surface area (Å²) < 4.78 is 4.91. The number of methoxy groups -OCH3 is 1. The molecule has 0 atom stereocenters. The fourth-order valence-electron chi connectivity index (χ4n) is 1.76. The number of rotatable bonds is 5. The van der Waals surface area contributed by atoms with E-state index in [1.54, 1.807) is 18.2 Å². The van der Waals surface area contributed by atoms with Gasteiger partial charge in [-0.15, -0.1) is 0 Å². The second kappa shape index (κ2) is 7.12. The summed E-state index contributed by atoms with van der Waals surface area (Å²) in [5.74, 6) is -0.265. The molecule has 8 nitrogen and oxygen atoms in total. The number of benzene rings is 1. The molecule has 1 aromatic heterocycles. The van der Waals surface area contributed by atoms with E-state index in [1.807, 2.05) is 6.92 Å². The fourth-order valence-corrected chi connectivity index (χ4v) is 1.76. The molecule has 118 valence electrons. The number of nitro benzene ring substituents is 1. The molecule has 0 unspecified atom stereocenters. The molecular formula is C15H14N4O4. The standard InChI is InChI=1S/C15H14N4O4/c1-10-3-5-12(9-16-10)15(20)18-17-8-11-4-6-14(23-2)13(7-11)19(21)22/h3-9H,1-2H3,(H,18,20). The molecule has 8 heteroatoms. The Morgan fingerprint density at radius 1 is 1.39 bits per heavy atom. The summed E-state index contributed by atoms with van der Waals surface area (Å²) in [7, 11) is 1.35. The lowest BCUT2D eigenvalue weighted by Gasteiger charge is -2.02. The van der Waals surface area contributed by atoms with Crippen LogP contribution in [0.15, 0.2) is 41.6 Å². The Balaban J connectivity index is 2.08. The monoisotopic (exact) mass is 314 g/mol. The van der Waals surface area contributed by atoms with Crippen LogP contribution in [0.1, 0.15) is 21.6 Å². The van der Waals surface area contributed by atoms with Gasteiger partial charge in [0.15, 0.2) is 5.75 Å². The molecule has 0 saturated heterocycles. The van der Waals surface area contributed by atoms with Crippen LogP contribution in [0.4, 0.5) is 5.69 Å². The summed E-state index contributed by atoms with van der Waals surface area (Å²) >= 11 is 0. The first-order valence-corrected chi connectivity index (χ1v) is 6.59. The van der Waals surface area contributed by atoms with Crippen LogP contribution in [0, 0.1) is 17.0 Å². The molecule has 23 heavy (non-hydrogen) atoms. The quantitative estimate of drug-likeness (QED) is 0.516. The molecular weight excluding hydrogens is 300 g/mol. The van der Waals surface area contributed by atoms with Gasteiger partial charge in [-0.3, -0.25) is 19.9 Å². The Morgan fingerprint density at radius 2 is 2.17 bits per heavy atom. The van der Waals surface area contributed by atoms with Crippen LogP contribution < -0.4 is 10.2 Å². The minimum absolute atomic E-state index is 0.155. The summed E-state index contributed by atoms with van der Waals surface area (Å²) in [5, 5.41) is 14.7. The van der Waals surface area contributed by atoms with Crippen molar-refractivity contribution in [2.75, 3.05) is 7.11 Å². The highest BCUT2D eigenvalue weighted by atomic mass is 16.6. The van der Waals surface area contributed by atoms with Crippen LogP contribution in [-0.2, 0) is 0 Å². The van der Waals surface area contributed by atoms with Crippen LogP contribution in [-0.4, -0.2) is 29.1 Å². The van der Waals surface area contributed by atoms with E-state index in [0.717, 1.165) is 5.69 Å². The van der Waals surface area contributed by atoms with Gasteiger partial charge in [-0.2, -0.15) is 5.10 Å². The number of aromatic nitrogens is 1. The SMILES string of the molecule is COc1ccc(C=NNC(=O)c2ccc(C)nc2)cc1[N+](=O)[O-]. The smallest absolute Gasteiger partial charge is 0.311 e. The Morgan fingerprint density at radius 3 is 2.78 bits per heavy atom. The fraction of sp³-hybridized carbons (Fsp3) is 0.133. The molecule has 0 aliphatic rings. The van der Waals surface area contributed by atoms with Gasteiger partial charge >= 0.3 is 5.69 Å². The van der Waals surface area contributed by atoms with E-state index in [4.69, 9.17) is 4.74 Å². The molecule has 0 spiro atoms. The lowest BCUT2D eigenvalue weighted by molar-refractivity contribution is -0.385. The van der Waals surface area contributed by atoms with Gasteiger partial charge < -0.3 is 4.74 Å². The molecule has 1 heterocycles. The number of hydrazone groups is 1. The average molecular weight is 314 g/mol. The lowest BCUT2D eigenvalue weighted by Crippen LogP contribution is -2.17. The van der Waals surface area contributed by atoms with E-state index in [9.17, 15) is 14.9 Å². The topological polar surface area (TPSA) is 107 Å². The summed E-state index contributed by atoms with van der Waals surface area (Å²) in [6.07, 6.45) is 2.75. The number of ether oxygens (including phenoxy) is 1. The maximum absolute atomic E-state index is 11.8.